The number of likely N-dealkylation sites (N-methyl/N-ethyl adjacent to an activating group) is 1. The highest BCUT2D eigenvalue weighted by atomic mass is 16.3. The van der Waals surface area contributed by atoms with Gasteiger partial charge in [-0.05, 0) is 50.6 Å². The lowest BCUT2D eigenvalue weighted by Gasteiger charge is -2.53. The number of rotatable bonds is 2. The average molecular weight is 441 g/mol. The normalized spacial score (nSPS) is 33.9. The number of hydrogen-bond acceptors (Lipinski definition) is 9. The molecule has 6 N–H and O–H groups in total. The minimum atomic E-state index is -2.69. The Morgan fingerprint density at radius 1 is 1.28 bits per heavy atom. The molecule has 0 aliphatic heterocycles. The summed E-state index contributed by atoms with van der Waals surface area (Å²) in [6.45, 7) is 0. The molecule has 0 aromatic heterocycles. The summed E-state index contributed by atoms with van der Waals surface area (Å²) >= 11 is 0. The third-order valence-electron chi connectivity index (χ3n) is 7.09. The first-order valence-electron chi connectivity index (χ1n) is 10.1. The fourth-order valence-electron chi connectivity index (χ4n) is 5.71. The van der Waals surface area contributed by atoms with Crippen molar-refractivity contribution in [1.29, 1.82) is 5.26 Å². The number of nitrogens with zero attached hydrogens (tertiary/aromatic N) is 2. The molecule has 0 heterocycles. The van der Waals surface area contributed by atoms with Crippen molar-refractivity contribution >= 4 is 23.2 Å². The van der Waals surface area contributed by atoms with Crippen LogP contribution in [0.25, 0.3) is 5.76 Å². The lowest BCUT2D eigenvalue weighted by molar-refractivity contribution is -0.184. The molecule has 2 unspecified atom stereocenters. The smallest absolute Gasteiger partial charge is 0.230 e. The van der Waals surface area contributed by atoms with Gasteiger partial charge in [0.25, 0.3) is 0 Å². The van der Waals surface area contributed by atoms with Gasteiger partial charge in [-0.15, -0.1) is 0 Å². The number of aliphatic hydroxyl groups excluding tert-OH is 2. The molecular weight excluding hydrogens is 418 g/mol. The maximum atomic E-state index is 13.6. The maximum absolute atomic E-state index is 13.6. The number of phenols is 1. The number of Topliss-reactive ketones (excluding diaryl/α,β-unsaturated/α-hetero) is 2. The fourth-order valence-corrected chi connectivity index (χ4v) is 5.71. The summed E-state index contributed by atoms with van der Waals surface area (Å²) in [4.78, 5) is 40.2. The molecular formula is C22H23N3O7. The number of ketones is 2. The van der Waals surface area contributed by atoms with Crippen LogP contribution in [0.5, 0.6) is 5.75 Å². The molecule has 1 aromatic rings. The molecule has 32 heavy (non-hydrogen) atoms. The van der Waals surface area contributed by atoms with Crippen LogP contribution in [0, 0.1) is 29.1 Å². The second-order valence-electron chi connectivity index (χ2n) is 8.89. The van der Waals surface area contributed by atoms with Crippen LogP contribution in [-0.2, 0) is 20.8 Å². The second-order valence-corrected chi connectivity index (χ2v) is 8.89. The molecule has 10 heteroatoms. The van der Waals surface area contributed by atoms with E-state index in [0.717, 1.165) is 0 Å². The minimum absolute atomic E-state index is 0.0126. The molecule has 0 saturated heterocycles. The van der Waals surface area contributed by atoms with E-state index in [0.29, 0.717) is 5.56 Å². The molecule has 0 radical (unpaired) electrons. The number of phenolic OH excluding ortho intramolecular Hbond substituents is 1. The van der Waals surface area contributed by atoms with Crippen molar-refractivity contribution in [3.8, 4) is 11.8 Å². The van der Waals surface area contributed by atoms with Gasteiger partial charge < -0.3 is 31.1 Å². The summed E-state index contributed by atoms with van der Waals surface area (Å²) in [5.74, 6) is -7.99. The zero-order chi connectivity index (χ0) is 23.7. The van der Waals surface area contributed by atoms with E-state index in [9.17, 15) is 40.1 Å². The van der Waals surface area contributed by atoms with E-state index in [2.05, 4.69) is 0 Å². The van der Waals surface area contributed by atoms with Gasteiger partial charge in [-0.1, -0.05) is 0 Å². The van der Waals surface area contributed by atoms with Crippen LogP contribution in [0.2, 0.25) is 0 Å². The largest absolute Gasteiger partial charge is 0.507 e. The van der Waals surface area contributed by atoms with E-state index in [-0.39, 0.29) is 35.3 Å². The van der Waals surface area contributed by atoms with Gasteiger partial charge >= 0.3 is 0 Å². The molecule has 168 valence electrons. The van der Waals surface area contributed by atoms with Crippen molar-refractivity contribution in [2.24, 2.45) is 23.5 Å². The highest BCUT2D eigenvalue weighted by molar-refractivity contribution is 6.25. The van der Waals surface area contributed by atoms with Crippen molar-refractivity contribution in [3.05, 3.63) is 34.4 Å². The number of carbonyl (C=O) groups is 3. The molecule has 2 fully saturated rings. The highest BCUT2D eigenvalue weighted by Crippen LogP contribution is 2.52. The number of nitrogens with two attached hydrogens (primary N) is 1. The van der Waals surface area contributed by atoms with Crippen LogP contribution < -0.4 is 5.73 Å². The lowest BCUT2D eigenvalue weighted by Crippen LogP contribution is -2.73. The topological polar surface area (TPSA) is 185 Å². The third kappa shape index (κ3) is 2.65. The number of aliphatic hydroxyl groups is 3. The van der Waals surface area contributed by atoms with Crippen LogP contribution in [0.1, 0.15) is 23.1 Å². The van der Waals surface area contributed by atoms with Crippen molar-refractivity contribution in [2.45, 2.75) is 30.6 Å². The fraction of sp³-hybridized carbons (Fsp3) is 0.455. The first-order valence-corrected chi connectivity index (χ1v) is 10.1. The quantitative estimate of drug-likeness (QED) is 0.359. The van der Waals surface area contributed by atoms with Gasteiger partial charge in [0.2, 0.25) is 11.7 Å². The predicted octanol–water partition coefficient (Wildman–Crippen LogP) is -0.999. The molecule has 3 aliphatic rings. The number of aromatic hydroxyl groups is 1. The lowest BCUT2D eigenvalue weighted by atomic mass is 9.54. The number of benzene rings is 1. The Kier molecular flexibility index (Phi) is 4.89. The highest BCUT2D eigenvalue weighted by Gasteiger charge is 2.67. The van der Waals surface area contributed by atoms with E-state index in [1.54, 1.807) is 14.1 Å². The number of primary amides is 1. The summed E-state index contributed by atoms with van der Waals surface area (Å²) in [6, 6.07) is 3.66. The number of fused-ring (bicyclic) bond motifs is 3. The first-order chi connectivity index (χ1) is 15.0. The zero-order valence-electron chi connectivity index (χ0n) is 17.4. The summed E-state index contributed by atoms with van der Waals surface area (Å²) in [5.41, 5.74) is 2.88. The van der Waals surface area contributed by atoms with E-state index in [1.807, 2.05) is 6.07 Å². The molecule has 10 nitrogen and oxygen atoms in total. The predicted molar refractivity (Wildman–Crippen MR) is 109 cm³/mol. The van der Waals surface area contributed by atoms with Gasteiger partial charge in [0.15, 0.2) is 11.4 Å². The van der Waals surface area contributed by atoms with Gasteiger partial charge in [-0.2, -0.15) is 5.26 Å². The van der Waals surface area contributed by atoms with Crippen LogP contribution in [0.4, 0.5) is 0 Å². The number of amides is 1. The molecule has 0 spiro atoms. The van der Waals surface area contributed by atoms with Crippen molar-refractivity contribution < 1.29 is 34.8 Å². The number of carbonyl (C=O) groups excluding carboxylic acids is 3. The van der Waals surface area contributed by atoms with E-state index >= 15 is 0 Å². The Labute approximate surface area is 183 Å². The molecule has 2 saturated carbocycles. The Morgan fingerprint density at radius 2 is 1.94 bits per heavy atom. The van der Waals surface area contributed by atoms with E-state index < -0.39 is 58.7 Å². The Balaban J connectivity index is 1.95. The van der Waals surface area contributed by atoms with Gasteiger partial charge in [0.1, 0.15) is 17.4 Å². The van der Waals surface area contributed by atoms with Crippen LogP contribution in [0.3, 0.4) is 0 Å². The van der Waals surface area contributed by atoms with Crippen molar-refractivity contribution in [1.82, 2.24) is 4.90 Å². The number of hydrogen-bond donors (Lipinski definition) is 5. The molecule has 3 aliphatic carbocycles. The Bertz CT molecular complexity index is 1140. The third-order valence-corrected chi connectivity index (χ3v) is 7.09. The Morgan fingerprint density at radius 3 is 2.50 bits per heavy atom. The van der Waals surface area contributed by atoms with Gasteiger partial charge in [-0.25, -0.2) is 0 Å². The van der Waals surface area contributed by atoms with Crippen molar-refractivity contribution in [3.63, 3.8) is 0 Å². The van der Waals surface area contributed by atoms with Crippen LogP contribution in [0.15, 0.2) is 17.7 Å². The minimum Gasteiger partial charge on any atom is -0.507 e. The second kappa shape index (κ2) is 7.13. The SMILES string of the molecule is CN(C)[C@H]1C(O)C(C(N)=O)C(=O)[C@@]2(O)C(=O)C3=C(O)c4c(O)ccc(C#N)c4C[C@H]3C[C@@H]12. The summed E-state index contributed by atoms with van der Waals surface area (Å²) < 4.78 is 0. The monoisotopic (exact) mass is 441 g/mol. The standard InChI is InChI=1S/C22H23N3O7/c1-25(2)16-11-6-9-5-10-8(7-23)3-4-12(26)14(10)17(27)13(9)19(29)22(11,32)20(30)15(18(16)28)21(24)31/h3-4,9,11,15-16,18,26-28,32H,5-6H2,1-2H3,(H2,24,31)/t9-,11-,15?,16+,18?,22-/m0/s1. The molecule has 4 rings (SSSR count). The average Bonchev–Trinajstić information content (AvgIpc) is 2.70. The van der Waals surface area contributed by atoms with Crippen LogP contribution in [-0.4, -0.2) is 74.6 Å². The molecule has 1 aromatic carbocycles. The summed E-state index contributed by atoms with van der Waals surface area (Å²) in [6.07, 6.45) is -1.42. The zero-order valence-corrected chi connectivity index (χ0v) is 17.4. The molecule has 6 atom stereocenters. The van der Waals surface area contributed by atoms with Crippen LogP contribution >= 0.6 is 0 Å². The summed E-state index contributed by atoms with van der Waals surface area (Å²) in [7, 11) is 3.16. The number of nitriles is 1. The van der Waals surface area contributed by atoms with E-state index in [4.69, 9.17) is 5.73 Å². The van der Waals surface area contributed by atoms with Gasteiger partial charge in [0, 0.05) is 17.5 Å². The maximum Gasteiger partial charge on any atom is 0.230 e. The molecule has 0 bridgehead atoms. The van der Waals surface area contributed by atoms with Gasteiger partial charge in [-0.3, -0.25) is 14.4 Å². The van der Waals surface area contributed by atoms with Crippen molar-refractivity contribution in [2.75, 3.05) is 14.1 Å². The van der Waals surface area contributed by atoms with E-state index in [1.165, 1.54) is 17.0 Å². The molecule has 1 amide bonds. The summed E-state index contributed by atoms with van der Waals surface area (Å²) in [5, 5.41) is 52.9. The Hall–Kier alpha value is -3.26. The van der Waals surface area contributed by atoms with Gasteiger partial charge in [0.05, 0.1) is 23.3 Å². The first kappa shape index (κ1) is 22.0.